The molecule has 0 spiro atoms. The Balaban J connectivity index is 2.18. The number of carbonyl (C=O) groups is 2. The molecule has 0 unspecified atom stereocenters. The smallest absolute Gasteiger partial charge is 0.512 e. The molecule has 0 aromatic heterocycles. The van der Waals surface area contributed by atoms with Crippen LogP contribution in [0.1, 0.15) is 53.5 Å². The van der Waals surface area contributed by atoms with E-state index in [9.17, 15) is 9.59 Å². The van der Waals surface area contributed by atoms with Gasteiger partial charge in [0.15, 0.2) is 0 Å². The largest absolute Gasteiger partial charge is 0.707 e. The number of ether oxygens (including phenoxy) is 2. The van der Waals surface area contributed by atoms with Crippen molar-refractivity contribution >= 4 is 19.4 Å². The van der Waals surface area contributed by atoms with Gasteiger partial charge in [-0.2, -0.15) is 0 Å². The highest BCUT2D eigenvalue weighted by molar-refractivity contribution is 6.33. The van der Waals surface area contributed by atoms with E-state index in [1.807, 2.05) is 47.6 Å². The van der Waals surface area contributed by atoms with Crippen LogP contribution in [0.3, 0.4) is 0 Å². The Morgan fingerprint density at radius 1 is 1.13 bits per heavy atom. The summed E-state index contributed by atoms with van der Waals surface area (Å²) in [6, 6.07) is 6.83. The molecule has 0 radical (unpaired) electrons. The lowest BCUT2D eigenvalue weighted by Crippen LogP contribution is -2.38. The van der Waals surface area contributed by atoms with Crippen LogP contribution in [0.2, 0.25) is 0 Å². The van der Waals surface area contributed by atoms with E-state index in [0.29, 0.717) is 25.9 Å². The average molecular weight is 435 g/mol. The molecule has 1 aliphatic rings. The summed E-state index contributed by atoms with van der Waals surface area (Å²) in [4.78, 5) is 27.1. The molecule has 0 bridgehead atoms. The van der Waals surface area contributed by atoms with Crippen LogP contribution >= 0.6 is 0 Å². The molecule has 2 rings (SSSR count). The molecule has 1 aromatic rings. The van der Waals surface area contributed by atoms with Gasteiger partial charge in [0.25, 0.3) is 0 Å². The number of nitrogens with zero attached hydrogens (tertiary/aromatic N) is 1. The lowest BCUT2D eigenvalue weighted by Gasteiger charge is -2.28. The molecular formula is C22H34BNO7. The molecule has 1 fully saturated rings. The first-order chi connectivity index (χ1) is 14.2. The quantitative estimate of drug-likeness (QED) is 0.523. The highest BCUT2D eigenvalue weighted by Crippen LogP contribution is 2.31. The molecule has 0 saturated carbocycles. The Morgan fingerprint density at radius 2 is 1.77 bits per heavy atom. The van der Waals surface area contributed by atoms with Crippen LogP contribution in [0, 0.1) is 11.8 Å². The number of hydrogen-bond donors (Lipinski definition) is 2. The van der Waals surface area contributed by atoms with Crippen LogP contribution in [0.15, 0.2) is 24.3 Å². The number of rotatable bonds is 6. The zero-order chi connectivity index (χ0) is 23.4. The van der Waals surface area contributed by atoms with Crippen LogP contribution in [-0.4, -0.2) is 58.6 Å². The van der Waals surface area contributed by atoms with Gasteiger partial charge in [0, 0.05) is 13.1 Å². The van der Waals surface area contributed by atoms with Crippen molar-refractivity contribution in [3.05, 3.63) is 29.8 Å². The minimum Gasteiger partial charge on any atom is -0.512 e. The minimum atomic E-state index is -1.92. The zero-order valence-electron chi connectivity index (χ0n) is 19.3. The van der Waals surface area contributed by atoms with Crippen molar-refractivity contribution in [3.8, 4) is 5.75 Å². The monoisotopic (exact) mass is 435 g/mol. The Kier molecular flexibility index (Phi) is 8.00. The third kappa shape index (κ3) is 8.42. The molecule has 9 heteroatoms. The van der Waals surface area contributed by atoms with E-state index in [1.165, 1.54) is 0 Å². The Morgan fingerprint density at radius 3 is 2.35 bits per heavy atom. The maximum absolute atomic E-state index is 13.1. The van der Waals surface area contributed by atoms with Crippen molar-refractivity contribution in [3.63, 3.8) is 0 Å². The normalized spacial score (nSPS) is 17.8. The molecule has 31 heavy (non-hydrogen) atoms. The summed E-state index contributed by atoms with van der Waals surface area (Å²) >= 11 is 0. The molecule has 8 nitrogen and oxygen atoms in total. The second-order valence-electron chi connectivity index (χ2n) is 9.91. The van der Waals surface area contributed by atoms with Crippen LogP contribution in [0.25, 0.3) is 0 Å². The van der Waals surface area contributed by atoms with Crippen LogP contribution in [-0.2, 0) is 20.7 Å². The van der Waals surface area contributed by atoms with Crippen molar-refractivity contribution in [1.29, 1.82) is 0 Å². The summed E-state index contributed by atoms with van der Waals surface area (Å²) in [5, 5.41) is 18.1. The van der Waals surface area contributed by atoms with E-state index >= 15 is 0 Å². The van der Waals surface area contributed by atoms with E-state index in [0.717, 1.165) is 5.56 Å². The maximum Gasteiger partial charge on any atom is 0.707 e. The van der Waals surface area contributed by atoms with E-state index in [-0.39, 0.29) is 23.7 Å². The summed E-state index contributed by atoms with van der Waals surface area (Å²) in [7, 11) is -1.92. The fourth-order valence-electron chi connectivity index (χ4n) is 3.55. The van der Waals surface area contributed by atoms with Gasteiger partial charge in [-0.1, -0.05) is 12.1 Å². The van der Waals surface area contributed by atoms with Gasteiger partial charge in [0.2, 0.25) is 0 Å². The van der Waals surface area contributed by atoms with Gasteiger partial charge in [-0.15, -0.1) is 0 Å². The Bertz CT molecular complexity index is 770. The molecule has 1 amide bonds. The molecule has 2 atom stereocenters. The number of amides is 1. The van der Waals surface area contributed by atoms with Gasteiger partial charge >= 0.3 is 19.4 Å². The van der Waals surface area contributed by atoms with E-state index < -0.39 is 24.4 Å². The third-order valence-electron chi connectivity index (χ3n) is 4.75. The highest BCUT2D eigenvalue weighted by Gasteiger charge is 2.39. The summed E-state index contributed by atoms with van der Waals surface area (Å²) in [5.41, 5.74) is -0.424. The van der Waals surface area contributed by atoms with Gasteiger partial charge in [0.05, 0.1) is 5.92 Å². The van der Waals surface area contributed by atoms with Crippen molar-refractivity contribution < 1.29 is 33.8 Å². The SMILES string of the molecule is CC(C)(C)OC(=O)[C@@H](Cc1cccc(OB(O)O)c1)[C@H]1CCN(C(=O)OC(C)(C)C)C1. The maximum atomic E-state index is 13.1. The first-order valence-corrected chi connectivity index (χ1v) is 10.6. The number of hydrogen-bond acceptors (Lipinski definition) is 7. The number of benzene rings is 1. The first-order valence-electron chi connectivity index (χ1n) is 10.6. The summed E-state index contributed by atoms with van der Waals surface area (Å²) < 4.78 is 16.1. The van der Waals surface area contributed by atoms with Gasteiger partial charge in [0.1, 0.15) is 17.0 Å². The van der Waals surface area contributed by atoms with Crippen molar-refractivity contribution in [2.45, 2.75) is 65.6 Å². The molecule has 2 N–H and O–H groups in total. The molecular weight excluding hydrogens is 401 g/mol. The summed E-state index contributed by atoms with van der Waals surface area (Å²) in [5.74, 6) is -0.592. The van der Waals surface area contributed by atoms with Crippen molar-refractivity contribution in [2.24, 2.45) is 11.8 Å². The Hall–Kier alpha value is -2.26. The van der Waals surface area contributed by atoms with Crippen LogP contribution in [0.4, 0.5) is 4.79 Å². The van der Waals surface area contributed by atoms with Gasteiger partial charge in [-0.05, 0) is 78.0 Å². The number of esters is 1. The predicted octanol–water partition coefficient (Wildman–Crippen LogP) is 2.79. The van der Waals surface area contributed by atoms with Gasteiger partial charge < -0.3 is 29.1 Å². The Labute approximate surface area is 184 Å². The fraction of sp³-hybridized carbons (Fsp3) is 0.636. The molecule has 1 aliphatic heterocycles. The second-order valence-corrected chi connectivity index (χ2v) is 9.91. The topological polar surface area (TPSA) is 106 Å². The molecule has 1 saturated heterocycles. The molecule has 0 aliphatic carbocycles. The second kappa shape index (κ2) is 9.91. The average Bonchev–Trinajstić information content (AvgIpc) is 3.06. The van der Waals surface area contributed by atoms with E-state index in [2.05, 4.69) is 0 Å². The minimum absolute atomic E-state index is 0.0876. The molecule has 1 aromatic carbocycles. The molecule has 1 heterocycles. The number of carbonyl (C=O) groups excluding carboxylic acids is 2. The zero-order valence-corrected chi connectivity index (χ0v) is 19.3. The standard InChI is InChI=1S/C22H34BNO7/c1-21(2,3)29-19(25)18(13-15-8-7-9-17(12-15)31-23(27)28)16-10-11-24(14-16)20(26)30-22(4,5)6/h7-9,12,16,18,27-28H,10-11,13-14H2,1-6H3/t16-,18-/m0/s1. The number of likely N-dealkylation sites (tertiary alicyclic amines) is 1. The molecule has 172 valence electrons. The van der Waals surface area contributed by atoms with Crippen LogP contribution < -0.4 is 4.65 Å². The van der Waals surface area contributed by atoms with Crippen LogP contribution in [0.5, 0.6) is 5.75 Å². The lowest BCUT2D eigenvalue weighted by atomic mass is 9.86. The lowest BCUT2D eigenvalue weighted by molar-refractivity contribution is -0.162. The van der Waals surface area contributed by atoms with E-state index in [1.54, 1.807) is 23.1 Å². The summed E-state index contributed by atoms with van der Waals surface area (Å²) in [6.07, 6.45) is 0.653. The highest BCUT2D eigenvalue weighted by atomic mass is 16.6. The van der Waals surface area contributed by atoms with Crippen molar-refractivity contribution in [2.75, 3.05) is 13.1 Å². The predicted molar refractivity (Wildman–Crippen MR) is 116 cm³/mol. The third-order valence-corrected chi connectivity index (χ3v) is 4.75. The van der Waals surface area contributed by atoms with Crippen molar-refractivity contribution in [1.82, 2.24) is 4.90 Å². The fourth-order valence-corrected chi connectivity index (χ4v) is 3.55. The first kappa shape index (κ1) is 25.0. The summed E-state index contributed by atoms with van der Waals surface area (Å²) in [6.45, 7) is 11.8. The van der Waals surface area contributed by atoms with Gasteiger partial charge in [-0.3, -0.25) is 4.79 Å². The van der Waals surface area contributed by atoms with E-state index in [4.69, 9.17) is 24.2 Å². The van der Waals surface area contributed by atoms with Gasteiger partial charge in [-0.25, -0.2) is 4.79 Å².